The maximum atomic E-state index is 14.6. The maximum Gasteiger partial charge on any atom is 0.303 e. The van der Waals surface area contributed by atoms with Crippen molar-refractivity contribution < 1.29 is 38.6 Å². The lowest BCUT2D eigenvalue weighted by atomic mass is 9.85. The molecule has 1 aromatic heterocycles. The minimum absolute atomic E-state index is 0.0373. The topological polar surface area (TPSA) is 178 Å². The van der Waals surface area contributed by atoms with Crippen molar-refractivity contribution in [3.8, 4) is 10.4 Å². The first kappa shape index (κ1) is 38.9. The van der Waals surface area contributed by atoms with E-state index in [0.717, 1.165) is 41.8 Å². The number of carboxylic acids is 1. The van der Waals surface area contributed by atoms with Gasteiger partial charge >= 0.3 is 5.97 Å². The SMILES string of the molecule is Cc1ncsc1-c1ccc([C@H](CC(=O)NCCCCCCCC(=O)O)NC(=O)[C@@H]2C[C@@H](O)CN2C(=O)[C@@H](NC(=O)C2(F)CC2)C(C)(C)C)cc1. The van der Waals surface area contributed by atoms with Gasteiger partial charge in [0.1, 0.15) is 12.1 Å². The van der Waals surface area contributed by atoms with Crippen LogP contribution in [0.2, 0.25) is 0 Å². The summed E-state index contributed by atoms with van der Waals surface area (Å²) in [6, 6.07) is 4.51. The highest BCUT2D eigenvalue weighted by molar-refractivity contribution is 7.13. The van der Waals surface area contributed by atoms with Gasteiger partial charge < -0.3 is 31.1 Å². The van der Waals surface area contributed by atoms with Crippen LogP contribution in [0.3, 0.4) is 0 Å². The molecule has 0 bridgehead atoms. The molecular formula is C36H50FN5O7S. The first-order valence-electron chi connectivity index (χ1n) is 17.4. The highest BCUT2D eigenvalue weighted by Crippen LogP contribution is 2.40. The van der Waals surface area contributed by atoms with Crippen molar-refractivity contribution in [2.45, 2.75) is 122 Å². The van der Waals surface area contributed by atoms with E-state index in [-0.39, 0.29) is 44.6 Å². The van der Waals surface area contributed by atoms with Crippen LogP contribution in [-0.4, -0.2) is 86.6 Å². The van der Waals surface area contributed by atoms with Gasteiger partial charge in [-0.05, 0) is 49.1 Å². The summed E-state index contributed by atoms with van der Waals surface area (Å²) < 4.78 is 14.6. The van der Waals surface area contributed by atoms with Crippen molar-refractivity contribution in [2.24, 2.45) is 5.41 Å². The predicted octanol–water partition coefficient (Wildman–Crippen LogP) is 4.20. The zero-order valence-electron chi connectivity index (χ0n) is 29.3. The summed E-state index contributed by atoms with van der Waals surface area (Å²) >= 11 is 1.51. The zero-order valence-corrected chi connectivity index (χ0v) is 30.1. The van der Waals surface area contributed by atoms with E-state index in [9.17, 15) is 33.5 Å². The summed E-state index contributed by atoms with van der Waals surface area (Å²) in [6.07, 6.45) is 3.08. The fourth-order valence-corrected chi connectivity index (χ4v) is 6.91. The van der Waals surface area contributed by atoms with Crippen LogP contribution in [0.15, 0.2) is 29.8 Å². The van der Waals surface area contributed by atoms with Gasteiger partial charge in [0.05, 0.1) is 34.6 Å². The van der Waals surface area contributed by atoms with Crippen LogP contribution < -0.4 is 16.0 Å². The Morgan fingerprint density at radius 3 is 2.30 bits per heavy atom. The van der Waals surface area contributed by atoms with Gasteiger partial charge in [-0.3, -0.25) is 24.0 Å². The van der Waals surface area contributed by atoms with Crippen molar-refractivity contribution in [3.63, 3.8) is 0 Å². The number of unbranched alkanes of at least 4 members (excludes halogenated alkanes) is 4. The molecule has 2 heterocycles. The van der Waals surface area contributed by atoms with Crippen LogP contribution in [0.25, 0.3) is 10.4 Å². The van der Waals surface area contributed by atoms with E-state index in [2.05, 4.69) is 20.9 Å². The number of likely N-dealkylation sites (tertiary alicyclic amines) is 1. The van der Waals surface area contributed by atoms with E-state index in [1.807, 2.05) is 31.2 Å². The van der Waals surface area contributed by atoms with Gasteiger partial charge in [0, 0.05) is 25.9 Å². The Morgan fingerprint density at radius 2 is 1.70 bits per heavy atom. The standard InChI is InChI=1S/C36H50FN5O7S/c1-22-30(50-21-39-22)24-13-11-23(12-14-24)26(19-28(44)38-17-9-7-5-6-8-10-29(45)46)40-32(47)27-18-25(43)20-42(27)33(48)31(35(2,3)4)41-34(49)36(37)15-16-36/h11-14,21,25-27,31,43H,5-10,15-20H2,1-4H3,(H,38,44)(H,40,47)(H,41,49)(H,45,46)/t25-,26+,27+,31-/m1/s1. The van der Waals surface area contributed by atoms with Crippen LogP contribution in [0.5, 0.6) is 0 Å². The molecule has 4 rings (SSSR count). The molecular weight excluding hydrogens is 665 g/mol. The Kier molecular flexibility index (Phi) is 13.1. The number of aliphatic carboxylic acids is 1. The number of rotatable bonds is 17. The molecule has 1 saturated heterocycles. The Morgan fingerprint density at radius 1 is 1.04 bits per heavy atom. The number of aliphatic hydroxyl groups is 1. The number of halogens is 1. The third kappa shape index (κ3) is 10.5. The summed E-state index contributed by atoms with van der Waals surface area (Å²) in [4.78, 5) is 70.9. The van der Waals surface area contributed by atoms with Crippen LogP contribution in [0, 0.1) is 12.3 Å². The van der Waals surface area contributed by atoms with Crippen LogP contribution in [0.4, 0.5) is 4.39 Å². The third-order valence-electron chi connectivity index (χ3n) is 9.27. The number of nitrogens with zero attached hydrogens (tertiary/aromatic N) is 2. The number of aryl methyl sites for hydroxylation is 1. The van der Waals surface area contributed by atoms with Crippen molar-refractivity contribution in [1.29, 1.82) is 0 Å². The molecule has 50 heavy (non-hydrogen) atoms. The second-order valence-electron chi connectivity index (χ2n) is 14.5. The largest absolute Gasteiger partial charge is 0.481 e. The number of amides is 4. The number of carbonyl (C=O) groups is 5. The summed E-state index contributed by atoms with van der Waals surface area (Å²) in [5.74, 6) is -3.09. The van der Waals surface area contributed by atoms with Gasteiger partial charge in [-0.15, -0.1) is 11.3 Å². The molecule has 2 fully saturated rings. The number of benzene rings is 1. The van der Waals surface area contributed by atoms with Gasteiger partial charge in [-0.25, -0.2) is 9.37 Å². The monoisotopic (exact) mass is 715 g/mol. The maximum absolute atomic E-state index is 14.6. The van der Waals surface area contributed by atoms with E-state index in [1.165, 1.54) is 16.2 Å². The molecule has 0 unspecified atom stereocenters. The Labute approximate surface area is 296 Å². The number of hydrogen-bond donors (Lipinski definition) is 5. The average Bonchev–Trinajstić information content (AvgIpc) is 3.46. The average molecular weight is 716 g/mol. The lowest BCUT2D eigenvalue weighted by molar-refractivity contribution is -0.145. The van der Waals surface area contributed by atoms with E-state index in [1.54, 1.807) is 26.3 Å². The molecule has 14 heteroatoms. The van der Waals surface area contributed by atoms with E-state index >= 15 is 0 Å². The van der Waals surface area contributed by atoms with Gasteiger partial charge in [-0.1, -0.05) is 64.3 Å². The summed E-state index contributed by atoms with van der Waals surface area (Å²) in [5, 5.41) is 27.8. The molecule has 274 valence electrons. The number of aromatic nitrogens is 1. The second kappa shape index (κ2) is 16.9. The van der Waals surface area contributed by atoms with E-state index in [4.69, 9.17) is 5.11 Å². The fraction of sp³-hybridized carbons (Fsp3) is 0.611. The molecule has 1 saturated carbocycles. The molecule has 4 amide bonds. The summed E-state index contributed by atoms with van der Waals surface area (Å²) in [5.41, 5.74) is 1.47. The molecule has 0 radical (unpaired) electrons. The molecule has 1 aliphatic carbocycles. The first-order chi connectivity index (χ1) is 23.6. The number of carboxylic acid groups (broad SMARTS) is 1. The molecule has 5 N–H and O–H groups in total. The number of β-amino-alcohol motifs (C(OH)–C–C–N with tert-alkyl or cyclic N) is 1. The van der Waals surface area contributed by atoms with E-state index in [0.29, 0.717) is 18.5 Å². The minimum atomic E-state index is -1.99. The fourth-order valence-electron chi connectivity index (χ4n) is 6.10. The van der Waals surface area contributed by atoms with Crippen LogP contribution in [0.1, 0.15) is 102 Å². The van der Waals surface area contributed by atoms with Crippen molar-refractivity contribution in [1.82, 2.24) is 25.8 Å². The zero-order chi connectivity index (χ0) is 36.6. The molecule has 0 spiro atoms. The van der Waals surface area contributed by atoms with Crippen LogP contribution in [-0.2, 0) is 24.0 Å². The smallest absolute Gasteiger partial charge is 0.303 e. The van der Waals surface area contributed by atoms with Crippen molar-refractivity contribution in [2.75, 3.05) is 13.1 Å². The molecule has 4 atom stereocenters. The number of nitrogens with one attached hydrogen (secondary N) is 3. The number of alkyl halides is 1. The lowest BCUT2D eigenvalue weighted by Crippen LogP contribution is -2.59. The van der Waals surface area contributed by atoms with Gasteiger partial charge in [-0.2, -0.15) is 0 Å². The van der Waals surface area contributed by atoms with Gasteiger partial charge in [0.15, 0.2) is 5.67 Å². The summed E-state index contributed by atoms with van der Waals surface area (Å²) in [7, 11) is 0. The molecule has 12 nitrogen and oxygen atoms in total. The minimum Gasteiger partial charge on any atom is -0.481 e. The van der Waals surface area contributed by atoms with Gasteiger partial charge in [0.2, 0.25) is 17.7 Å². The number of carbonyl (C=O) groups excluding carboxylic acids is 4. The lowest BCUT2D eigenvalue weighted by Gasteiger charge is -2.36. The second-order valence-corrected chi connectivity index (χ2v) is 15.4. The number of thiazole rings is 1. The highest BCUT2D eigenvalue weighted by Gasteiger charge is 2.53. The molecule has 1 aliphatic heterocycles. The normalized spacial score (nSPS) is 19.4. The van der Waals surface area contributed by atoms with Crippen molar-refractivity contribution >= 4 is 40.9 Å². The predicted molar refractivity (Wildman–Crippen MR) is 187 cm³/mol. The first-order valence-corrected chi connectivity index (χ1v) is 18.2. The number of hydrogen-bond acceptors (Lipinski definition) is 8. The molecule has 2 aromatic rings. The van der Waals surface area contributed by atoms with Crippen molar-refractivity contribution in [3.05, 3.63) is 41.0 Å². The third-order valence-corrected chi connectivity index (χ3v) is 10.2. The molecule has 1 aromatic carbocycles. The molecule has 2 aliphatic rings. The van der Waals surface area contributed by atoms with Gasteiger partial charge in [0.25, 0.3) is 5.91 Å². The number of aliphatic hydroxyl groups excluding tert-OH is 1. The highest BCUT2D eigenvalue weighted by atomic mass is 32.1. The quantitative estimate of drug-likeness (QED) is 0.151. The summed E-state index contributed by atoms with van der Waals surface area (Å²) in [6.45, 7) is 7.43. The Bertz CT molecular complexity index is 1520. The van der Waals surface area contributed by atoms with E-state index < -0.39 is 59.0 Å². The Hall–Kier alpha value is -3.91. The van der Waals surface area contributed by atoms with Crippen LogP contribution >= 0.6 is 11.3 Å². The Balaban J connectivity index is 1.46.